The Morgan fingerprint density at radius 3 is 2.37 bits per heavy atom. The third kappa shape index (κ3) is 3.44. The maximum Gasteiger partial charge on any atom is 0.246 e. The van der Waals surface area contributed by atoms with Crippen LogP contribution in [0.5, 0.6) is 17.2 Å². The Hall–Kier alpha value is -3.60. The van der Waals surface area contributed by atoms with E-state index in [4.69, 9.17) is 18.9 Å². The highest BCUT2D eigenvalue weighted by Crippen LogP contribution is 2.55. The van der Waals surface area contributed by atoms with Gasteiger partial charge in [-0.2, -0.15) is 4.31 Å². The van der Waals surface area contributed by atoms with Gasteiger partial charge in [-0.05, 0) is 35.4 Å². The standard InChI is InChI=1S/C28H26N2O7S/c31-27-28(18-37-24-16-26-25(15-22(24)28)35-12-13-36-26)21-6-1-2-7-23(21)30(27)17-19-4-3-5-20(14-19)38(32,33)29-8-10-34-11-9-29/h1-7,14-16H,8-13,17-18H2. The number of hydrogen-bond acceptors (Lipinski definition) is 7. The lowest BCUT2D eigenvalue weighted by Crippen LogP contribution is -2.42. The smallest absolute Gasteiger partial charge is 0.246 e. The zero-order valence-corrected chi connectivity index (χ0v) is 21.4. The summed E-state index contributed by atoms with van der Waals surface area (Å²) in [5.74, 6) is 1.71. The molecule has 4 heterocycles. The van der Waals surface area contributed by atoms with E-state index in [2.05, 4.69) is 0 Å². The van der Waals surface area contributed by atoms with Crippen LogP contribution >= 0.6 is 0 Å². The van der Waals surface area contributed by atoms with Crippen molar-refractivity contribution in [1.82, 2.24) is 4.31 Å². The van der Waals surface area contributed by atoms with E-state index in [1.54, 1.807) is 29.2 Å². The fourth-order valence-electron chi connectivity index (χ4n) is 5.79. The van der Waals surface area contributed by atoms with E-state index in [0.29, 0.717) is 56.8 Å². The Kier molecular flexibility index (Phi) is 5.40. The highest BCUT2D eigenvalue weighted by Gasteiger charge is 2.57. The first kappa shape index (κ1) is 23.5. The molecule has 1 amide bonds. The minimum atomic E-state index is -3.66. The summed E-state index contributed by atoms with van der Waals surface area (Å²) in [6.45, 7) is 2.71. The molecule has 4 aliphatic heterocycles. The molecule has 7 rings (SSSR count). The maximum absolute atomic E-state index is 14.3. The van der Waals surface area contributed by atoms with Crippen LogP contribution in [0.4, 0.5) is 5.69 Å². The molecule has 0 aliphatic carbocycles. The largest absolute Gasteiger partial charge is 0.491 e. The van der Waals surface area contributed by atoms with E-state index >= 15 is 0 Å². The highest BCUT2D eigenvalue weighted by molar-refractivity contribution is 7.89. The summed E-state index contributed by atoms with van der Waals surface area (Å²) in [5.41, 5.74) is 2.10. The molecule has 10 heteroatoms. The molecule has 0 N–H and O–H groups in total. The molecular weight excluding hydrogens is 508 g/mol. The molecule has 0 saturated carbocycles. The van der Waals surface area contributed by atoms with Crippen LogP contribution in [0, 0.1) is 0 Å². The summed E-state index contributed by atoms with van der Waals surface area (Å²) in [7, 11) is -3.66. The minimum absolute atomic E-state index is 0.115. The molecule has 3 aromatic rings. The minimum Gasteiger partial charge on any atom is -0.491 e. The van der Waals surface area contributed by atoms with Crippen molar-refractivity contribution in [3.63, 3.8) is 0 Å². The van der Waals surface area contributed by atoms with Crippen LogP contribution in [0.2, 0.25) is 0 Å². The fourth-order valence-corrected chi connectivity index (χ4v) is 7.27. The van der Waals surface area contributed by atoms with Crippen molar-refractivity contribution in [2.24, 2.45) is 0 Å². The van der Waals surface area contributed by atoms with Gasteiger partial charge in [0.25, 0.3) is 0 Å². The van der Waals surface area contributed by atoms with Crippen molar-refractivity contribution in [3.05, 3.63) is 77.4 Å². The van der Waals surface area contributed by atoms with Crippen molar-refractivity contribution in [1.29, 1.82) is 0 Å². The van der Waals surface area contributed by atoms with Crippen molar-refractivity contribution < 1.29 is 32.2 Å². The molecule has 196 valence electrons. The molecule has 38 heavy (non-hydrogen) atoms. The first-order chi connectivity index (χ1) is 18.5. The second-order valence-electron chi connectivity index (χ2n) is 9.76. The van der Waals surface area contributed by atoms with E-state index < -0.39 is 15.4 Å². The Morgan fingerprint density at radius 2 is 1.55 bits per heavy atom. The van der Waals surface area contributed by atoms with Gasteiger partial charge in [0.2, 0.25) is 15.9 Å². The molecule has 1 atom stereocenters. The highest BCUT2D eigenvalue weighted by atomic mass is 32.2. The summed E-state index contributed by atoms with van der Waals surface area (Å²) >= 11 is 0. The molecule has 0 bridgehead atoms. The number of fused-ring (bicyclic) bond motifs is 5. The number of sulfonamides is 1. The van der Waals surface area contributed by atoms with Crippen LogP contribution < -0.4 is 19.1 Å². The topological polar surface area (TPSA) is 94.6 Å². The Bertz CT molecular complexity index is 1550. The van der Waals surface area contributed by atoms with Gasteiger partial charge in [-0.25, -0.2) is 8.42 Å². The van der Waals surface area contributed by atoms with Crippen molar-refractivity contribution in [3.8, 4) is 17.2 Å². The number of anilines is 1. The molecule has 0 radical (unpaired) electrons. The van der Waals surface area contributed by atoms with Crippen LogP contribution in [0.3, 0.4) is 0 Å². The van der Waals surface area contributed by atoms with Crippen LogP contribution in [-0.4, -0.2) is 64.8 Å². The van der Waals surface area contributed by atoms with Gasteiger partial charge >= 0.3 is 0 Å². The van der Waals surface area contributed by atoms with E-state index in [1.165, 1.54) is 4.31 Å². The molecule has 1 fully saturated rings. The number of benzene rings is 3. The zero-order valence-electron chi connectivity index (χ0n) is 20.6. The number of hydrogen-bond donors (Lipinski definition) is 0. The molecule has 0 aromatic heterocycles. The number of rotatable bonds is 4. The average Bonchev–Trinajstić information content (AvgIpc) is 3.44. The Balaban J connectivity index is 1.26. The Labute approximate surface area is 220 Å². The molecule has 3 aromatic carbocycles. The van der Waals surface area contributed by atoms with Gasteiger partial charge in [0, 0.05) is 30.4 Å². The molecule has 1 saturated heterocycles. The third-order valence-corrected chi connectivity index (χ3v) is 9.55. The maximum atomic E-state index is 14.3. The number of nitrogens with zero attached hydrogens (tertiary/aromatic N) is 2. The summed E-state index contributed by atoms with van der Waals surface area (Å²) in [5, 5.41) is 0. The number of amides is 1. The van der Waals surface area contributed by atoms with Crippen LogP contribution in [-0.2, 0) is 31.5 Å². The monoisotopic (exact) mass is 534 g/mol. The molecule has 1 unspecified atom stereocenters. The first-order valence-corrected chi connectivity index (χ1v) is 14.1. The predicted octanol–water partition coefficient (Wildman–Crippen LogP) is 2.70. The second-order valence-corrected chi connectivity index (χ2v) is 11.7. The van der Waals surface area contributed by atoms with Gasteiger partial charge in [-0.3, -0.25) is 4.79 Å². The SMILES string of the molecule is O=C1N(Cc2cccc(S(=O)(=O)N3CCOCC3)c2)c2ccccc2C12COc1cc3c(cc12)OCCO3. The normalized spacial score (nSPS) is 22.3. The number of ether oxygens (including phenoxy) is 4. The molecular formula is C28H26N2O7S. The molecule has 9 nitrogen and oxygen atoms in total. The van der Waals surface area contributed by atoms with Gasteiger partial charge < -0.3 is 23.8 Å². The molecule has 1 spiro atoms. The van der Waals surface area contributed by atoms with Gasteiger partial charge in [0.15, 0.2) is 11.5 Å². The van der Waals surface area contributed by atoms with E-state index in [-0.39, 0.29) is 24.0 Å². The van der Waals surface area contributed by atoms with E-state index in [9.17, 15) is 13.2 Å². The lowest BCUT2D eigenvalue weighted by molar-refractivity contribution is -0.122. The lowest BCUT2D eigenvalue weighted by Gasteiger charge is -2.26. The molecule has 4 aliphatic rings. The first-order valence-electron chi connectivity index (χ1n) is 12.6. The summed E-state index contributed by atoms with van der Waals surface area (Å²) in [6.07, 6.45) is 0. The van der Waals surface area contributed by atoms with Crippen molar-refractivity contribution >= 4 is 21.6 Å². The van der Waals surface area contributed by atoms with Gasteiger partial charge in [-0.15, -0.1) is 0 Å². The van der Waals surface area contributed by atoms with Gasteiger partial charge in [0.1, 0.15) is 31.0 Å². The van der Waals surface area contributed by atoms with E-state index in [0.717, 1.165) is 22.4 Å². The van der Waals surface area contributed by atoms with Crippen LogP contribution in [0.1, 0.15) is 16.7 Å². The van der Waals surface area contributed by atoms with Gasteiger partial charge in [-0.1, -0.05) is 30.3 Å². The number of carbonyl (C=O) groups is 1. The third-order valence-electron chi connectivity index (χ3n) is 7.66. The quantitative estimate of drug-likeness (QED) is 0.508. The lowest BCUT2D eigenvalue weighted by atomic mass is 9.77. The summed E-state index contributed by atoms with van der Waals surface area (Å²) < 4.78 is 50.9. The summed E-state index contributed by atoms with van der Waals surface area (Å²) in [6, 6.07) is 18.2. The van der Waals surface area contributed by atoms with Crippen LogP contribution in [0.25, 0.3) is 0 Å². The average molecular weight is 535 g/mol. The van der Waals surface area contributed by atoms with E-state index in [1.807, 2.05) is 36.4 Å². The second kappa shape index (κ2) is 8.72. The Morgan fingerprint density at radius 1 is 0.789 bits per heavy atom. The number of morpholine rings is 1. The number of carbonyl (C=O) groups excluding carboxylic acids is 1. The number of para-hydroxylation sites is 1. The van der Waals surface area contributed by atoms with Crippen molar-refractivity contribution in [2.45, 2.75) is 16.9 Å². The summed E-state index contributed by atoms with van der Waals surface area (Å²) in [4.78, 5) is 16.2. The van der Waals surface area contributed by atoms with Crippen molar-refractivity contribution in [2.75, 3.05) is 51.0 Å². The van der Waals surface area contributed by atoms with Gasteiger partial charge in [0.05, 0.1) is 24.7 Å². The fraction of sp³-hybridized carbons (Fsp3) is 0.321. The zero-order chi connectivity index (χ0) is 25.9. The van der Waals surface area contributed by atoms with Crippen LogP contribution in [0.15, 0.2) is 65.6 Å². The predicted molar refractivity (Wildman–Crippen MR) is 137 cm³/mol.